The second-order valence-electron chi connectivity index (χ2n) is 6.80. The molecule has 0 radical (unpaired) electrons. The lowest BCUT2D eigenvalue weighted by molar-refractivity contribution is -0.135. The Balaban J connectivity index is 1.65. The van der Waals surface area contributed by atoms with Gasteiger partial charge >= 0.3 is 5.97 Å². The van der Waals surface area contributed by atoms with E-state index in [0.29, 0.717) is 11.5 Å². The molecule has 0 spiro atoms. The number of carbonyl (C=O) groups excluding carboxylic acids is 1. The molecule has 0 bridgehead atoms. The Labute approximate surface area is 153 Å². The van der Waals surface area contributed by atoms with Gasteiger partial charge in [0.1, 0.15) is 17.1 Å². The molecule has 0 aliphatic carbocycles. The number of carboxylic acids is 1. The molecule has 2 heterocycles. The molecule has 6 heteroatoms. The van der Waals surface area contributed by atoms with Gasteiger partial charge in [-0.25, -0.2) is 4.79 Å². The van der Waals surface area contributed by atoms with Crippen LogP contribution in [0.2, 0.25) is 0 Å². The summed E-state index contributed by atoms with van der Waals surface area (Å²) in [6.07, 6.45) is 1.84. The van der Waals surface area contributed by atoms with Gasteiger partial charge in [0, 0.05) is 13.6 Å². The Bertz CT molecular complexity index is 784. The highest BCUT2D eigenvalue weighted by Crippen LogP contribution is 2.23. The molecule has 1 N–H and O–H groups in total. The molecule has 1 aromatic heterocycles. The monoisotopic (exact) mass is 356 g/mol. The lowest BCUT2D eigenvalue weighted by atomic mass is 10.1. The fourth-order valence-electron chi connectivity index (χ4n) is 3.51. The van der Waals surface area contributed by atoms with E-state index in [9.17, 15) is 9.59 Å². The SMILES string of the molecule is Cc1oc(CN(C)C(=O)C2CCCN2Cc2ccccc2)cc1C(=O)O. The predicted molar refractivity (Wildman–Crippen MR) is 96.8 cm³/mol. The second kappa shape index (κ2) is 7.74. The first-order chi connectivity index (χ1) is 12.5. The maximum absolute atomic E-state index is 12.9. The van der Waals surface area contributed by atoms with Gasteiger partial charge in [-0.05, 0) is 37.9 Å². The molecule has 1 atom stereocenters. The lowest BCUT2D eigenvalue weighted by Gasteiger charge is -2.27. The van der Waals surface area contributed by atoms with Crippen LogP contribution in [0.5, 0.6) is 0 Å². The largest absolute Gasteiger partial charge is 0.478 e. The van der Waals surface area contributed by atoms with E-state index in [0.717, 1.165) is 25.9 Å². The molecule has 1 fully saturated rings. The number of nitrogens with zero attached hydrogens (tertiary/aromatic N) is 2. The number of furan rings is 1. The molecule has 2 aromatic rings. The third-order valence-corrected chi connectivity index (χ3v) is 4.85. The first-order valence-electron chi connectivity index (χ1n) is 8.81. The van der Waals surface area contributed by atoms with Crippen LogP contribution in [0, 0.1) is 6.92 Å². The highest BCUT2D eigenvalue weighted by molar-refractivity contribution is 5.88. The summed E-state index contributed by atoms with van der Waals surface area (Å²) >= 11 is 0. The van der Waals surface area contributed by atoms with E-state index in [4.69, 9.17) is 9.52 Å². The Hall–Kier alpha value is -2.60. The molecule has 1 aliphatic heterocycles. The van der Waals surface area contributed by atoms with Crippen LogP contribution < -0.4 is 0 Å². The Kier molecular flexibility index (Phi) is 5.42. The van der Waals surface area contributed by atoms with Crippen molar-refractivity contribution in [3.05, 3.63) is 59.0 Å². The lowest BCUT2D eigenvalue weighted by Crippen LogP contribution is -2.43. The number of likely N-dealkylation sites (tertiary alicyclic amines) is 1. The average Bonchev–Trinajstić information content (AvgIpc) is 3.21. The van der Waals surface area contributed by atoms with Crippen molar-refractivity contribution in [3.63, 3.8) is 0 Å². The van der Waals surface area contributed by atoms with Crippen LogP contribution in [0.25, 0.3) is 0 Å². The molecule has 26 heavy (non-hydrogen) atoms. The van der Waals surface area contributed by atoms with E-state index in [1.54, 1.807) is 18.9 Å². The van der Waals surface area contributed by atoms with Crippen molar-refractivity contribution in [2.24, 2.45) is 0 Å². The van der Waals surface area contributed by atoms with E-state index in [1.165, 1.54) is 11.6 Å². The zero-order valence-electron chi connectivity index (χ0n) is 15.1. The van der Waals surface area contributed by atoms with E-state index in [2.05, 4.69) is 17.0 Å². The number of rotatable bonds is 6. The first-order valence-corrected chi connectivity index (χ1v) is 8.81. The topological polar surface area (TPSA) is 74.0 Å². The van der Waals surface area contributed by atoms with Gasteiger partial charge in [-0.15, -0.1) is 0 Å². The summed E-state index contributed by atoms with van der Waals surface area (Å²) in [5, 5.41) is 9.12. The zero-order valence-corrected chi connectivity index (χ0v) is 15.1. The summed E-state index contributed by atoms with van der Waals surface area (Å²) in [6.45, 7) is 3.55. The third-order valence-electron chi connectivity index (χ3n) is 4.85. The fourth-order valence-corrected chi connectivity index (χ4v) is 3.51. The van der Waals surface area contributed by atoms with Gasteiger partial charge in [0.2, 0.25) is 5.91 Å². The number of aryl methyl sites for hydroxylation is 1. The van der Waals surface area contributed by atoms with Crippen LogP contribution in [-0.2, 0) is 17.9 Å². The van der Waals surface area contributed by atoms with Crippen LogP contribution in [0.3, 0.4) is 0 Å². The first kappa shape index (κ1) is 18.2. The van der Waals surface area contributed by atoms with Gasteiger partial charge in [-0.3, -0.25) is 9.69 Å². The summed E-state index contributed by atoms with van der Waals surface area (Å²) in [6, 6.07) is 11.5. The number of hydrogen-bond donors (Lipinski definition) is 1. The van der Waals surface area contributed by atoms with Crippen molar-refractivity contribution >= 4 is 11.9 Å². The number of amides is 1. The number of likely N-dealkylation sites (N-methyl/N-ethyl adjacent to an activating group) is 1. The van der Waals surface area contributed by atoms with Gasteiger partial charge in [-0.1, -0.05) is 30.3 Å². The molecule has 3 rings (SSSR count). The maximum atomic E-state index is 12.9. The minimum absolute atomic E-state index is 0.0457. The second-order valence-corrected chi connectivity index (χ2v) is 6.80. The third kappa shape index (κ3) is 3.96. The summed E-state index contributed by atoms with van der Waals surface area (Å²) in [5.41, 5.74) is 1.34. The van der Waals surface area contributed by atoms with Gasteiger partial charge < -0.3 is 14.4 Å². The highest BCUT2D eigenvalue weighted by Gasteiger charge is 2.32. The normalized spacial score (nSPS) is 17.4. The Morgan fingerprint density at radius 3 is 2.69 bits per heavy atom. The van der Waals surface area contributed by atoms with Gasteiger partial charge in [0.05, 0.1) is 12.6 Å². The fraction of sp³-hybridized carbons (Fsp3) is 0.400. The van der Waals surface area contributed by atoms with E-state index < -0.39 is 5.97 Å². The van der Waals surface area contributed by atoms with E-state index in [1.807, 2.05) is 18.2 Å². The van der Waals surface area contributed by atoms with Crippen molar-refractivity contribution < 1.29 is 19.1 Å². The van der Waals surface area contributed by atoms with E-state index >= 15 is 0 Å². The molecular formula is C20H24N2O4. The maximum Gasteiger partial charge on any atom is 0.339 e. The predicted octanol–water partition coefficient (Wildman–Crippen LogP) is 2.91. The molecule has 1 amide bonds. The standard InChI is InChI=1S/C20H24N2O4/c1-14-17(20(24)25)11-16(26-14)13-21(2)19(23)18-9-6-10-22(18)12-15-7-4-3-5-8-15/h3-5,7-8,11,18H,6,9-10,12-13H2,1-2H3,(H,24,25). The van der Waals surface area contributed by atoms with Crippen molar-refractivity contribution in [3.8, 4) is 0 Å². The van der Waals surface area contributed by atoms with Crippen molar-refractivity contribution in [1.29, 1.82) is 0 Å². The summed E-state index contributed by atoms with van der Waals surface area (Å²) in [5.74, 6) is -0.121. The van der Waals surface area contributed by atoms with Crippen LogP contribution in [0.1, 0.15) is 40.3 Å². The molecule has 1 aromatic carbocycles. The smallest absolute Gasteiger partial charge is 0.339 e. The van der Waals surface area contributed by atoms with Gasteiger partial charge in [0.25, 0.3) is 0 Å². The van der Waals surface area contributed by atoms with E-state index in [-0.39, 0.29) is 24.1 Å². The van der Waals surface area contributed by atoms with Gasteiger partial charge in [-0.2, -0.15) is 0 Å². The number of aromatic carboxylic acids is 1. The van der Waals surface area contributed by atoms with Crippen molar-refractivity contribution in [2.75, 3.05) is 13.6 Å². The van der Waals surface area contributed by atoms with Crippen LogP contribution in [-0.4, -0.2) is 46.4 Å². The van der Waals surface area contributed by atoms with Crippen LogP contribution in [0.4, 0.5) is 0 Å². The minimum Gasteiger partial charge on any atom is -0.478 e. The molecule has 1 aliphatic rings. The highest BCUT2D eigenvalue weighted by atomic mass is 16.4. The van der Waals surface area contributed by atoms with Crippen molar-refractivity contribution in [2.45, 2.75) is 38.9 Å². The molecular weight excluding hydrogens is 332 g/mol. The van der Waals surface area contributed by atoms with Gasteiger partial charge in [0.15, 0.2) is 0 Å². The summed E-state index contributed by atoms with van der Waals surface area (Å²) in [4.78, 5) is 27.9. The average molecular weight is 356 g/mol. The Morgan fingerprint density at radius 1 is 1.31 bits per heavy atom. The number of benzene rings is 1. The summed E-state index contributed by atoms with van der Waals surface area (Å²) in [7, 11) is 1.74. The Morgan fingerprint density at radius 2 is 2.04 bits per heavy atom. The molecule has 1 unspecified atom stereocenters. The summed E-state index contributed by atoms with van der Waals surface area (Å²) < 4.78 is 5.49. The number of carbonyl (C=O) groups is 2. The quantitative estimate of drug-likeness (QED) is 0.861. The molecule has 1 saturated heterocycles. The number of hydrogen-bond acceptors (Lipinski definition) is 4. The van der Waals surface area contributed by atoms with Crippen LogP contribution >= 0.6 is 0 Å². The molecule has 138 valence electrons. The number of carboxylic acid groups (broad SMARTS) is 1. The molecule has 0 saturated carbocycles. The zero-order chi connectivity index (χ0) is 18.7. The van der Waals surface area contributed by atoms with Crippen LogP contribution in [0.15, 0.2) is 40.8 Å². The van der Waals surface area contributed by atoms with Crippen molar-refractivity contribution in [1.82, 2.24) is 9.80 Å². The molecule has 6 nitrogen and oxygen atoms in total. The minimum atomic E-state index is -1.02.